The van der Waals surface area contributed by atoms with Gasteiger partial charge in [0, 0.05) is 6.42 Å². The maximum atomic E-state index is 10.9. The van der Waals surface area contributed by atoms with Crippen LogP contribution in [0.4, 0.5) is 0 Å². The summed E-state index contributed by atoms with van der Waals surface area (Å²) in [5, 5.41) is 10.7. The number of carbonyl (C=O) groups excluding carboxylic acids is 1. The second kappa shape index (κ2) is 5.87. The topological polar surface area (TPSA) is 52.9 Å². The van der Waals surface area contributed by atoms with E-state index in [9.17, 15) is 4.79 Å². The van der Waals surface area contributed by atoms with Crippen LogP contribution in [0, 0.1) is 11.3 Å². The molecule has 0 rings (SSSR count). The van der Waals surface area contributed by atoms with Gasteiger partial charge in [-0.25, -0.2) is 0 Å². The summed E-state index contributed by atoms with van der Waals surface area (Å²) in [4.78, 5) is 10.9. The maximum absolute atomic E-state index is 10.9. The van der Waals surface area contributed by atoms with E-state index in [2.05, 4.69) is 5.32 Å². The van der Waals surface area contributed by atoms with Crippen LogP contribution in [0.2, 0.25) is 0 Å². The maximum Gasteiger partial charge on any atom is 0.224 e. The van der Waals surface area contributed by atoms with Gasteiger partial charge in [-0.15, -0.1) is 0 Å². The normalized spacial score (nSPS) is 8.50. The Kier molecular flexibility index (Phi) is 5.52. The number of hydrogen-bond donors (Lipinski definition) is 1. The van der Waals surface area contributed by atoms with Crippen LogP contribution in [0.1, 0.15) is 19.8 Å². The van der Waals surface area contributed by atoms with Crippen molar-refractivity contribution in [3.63, 3.8) is 0 Å². The van der Waals surface area contributed by atoms with E-state index in [1.54, 1.807) is 6.07 Å². The molecule has 3 nitrogen and oxygen atoms in total. The highest BCUT2D eigenvalue weighted by Gasteiger charge is 2.05. The van der Waals surface area contributed by atoms with Crippen LogP contribution < -0.4 is 5.32 Å². The van der Waals surface area contributed by atoms with Gasteiger partial charge in [-0.1, -0.05) is 30.1 Å². The molecule has 0 saturated heterocycles. The van der Waals surface area contributed by atoms with E-state index in [1.807, 2.05) is 6.92 Å². The van der Waals surface area contributed by atoms with Gasteiger partial charge in [-0.2, -0.15) is 5.26 Å². The molecular weight excluding hydrogens is 199 g/mol. The minimum absolute atomic E-state index is 0.100. The number of nitrogens with zero attached hydrogens (tertiary/aromatic N) is 1. The van der Waals surface area contributed by atoms with E-state index in [1.165, 1.54) is 0 Å². The number of nitrogens with one attached hydrogen (secondary N) is 1. The highest BCUT2D eigenvalue weighted by molar-refractivity contribution is 6.56. The van der Waals surface area contributed by atoms with Gasteiger partial charge in [-0.05, 0) is 6.42 Å². The van der Waals surface area contributed by atoms with Crippen molar-refractivity contribution < 1.29 is 4.79 Å². The summed E-state index contributed by atoms with van der Waals surface area (Å²) in [6.07, 6.45) is 1.07. The predicted molar refractivity (Wildman–Crippen MR) is 47.4 cm³/mol. The van der Waals surface area contributed by atoms with Gasteiger partial charge in [0.05, 0.1) is 0 Å². The second-order valence-corrected chi connectivity index (χ2v) is 2.99. The van der Waals surface area contributed by atoms with Crippen LogP contribution in [-0.4, -0.2) is 5.91 Å². The molecule has 0 aliphatic rings. The predicted octanol–water partition coefficient (Wildman–Crippen LogP) is 2.07. The molecule has 0 aromatic heterocycles. The zero-order valence-corrected chi connectivity index (χ0v) is 8.04. The van der Waals surface area contributed by atoms with Crippen molar-refractivity contribution in [2.45, 2.75) is 19.8 Å². The summed E-state index contributed by atoms with van der Waals surface area (Å²) in [5.41, 5.74) is -0.100. The molecule has 1 N–H and O–H groups in total. The fourth-order valence-corrected chi connectivity index (χ4v) is 0.725. The van der Waals surface area contributed by atoms with Crippen LogP contribution in [0.15, 0.2) is 10.2 Å². The Morgan fingerprint density at radius 2 is 2.17 bits per heavy atom. The largest absolute Gasteiger partial charge is 0.315 e. The van der Waals surface area contributed by atoms with Gasteiger partial charge in [0.25, 0.3) is 0 Å². The highest BCUT2D eigenvalue weighted by atomic mass is 35.5. The number of hydrogen-bond acceptors (Lipinski definition) is 2. The summed E-state index contributed by atoms with van der Waals surface area (Å²) in [6, 6.07) is 1.67. The van der Waals surface area contributed by atoms with Crippen molar-refractivity contribution in [3.05, 3.63) is 10.2 Å². The molecule has 0 unspecified atom stereocenters. The van der Waals surface area contributed by atoms with Crippen molar-refractivity contribution in [1.82, 2.24) is 5.32 Å². The van der Waals surface area contributed by atoms with Gasteiger partial charge in [0.2, 0.25) is 5.91 Å². The Hall–Kier alpha value is -0.720. The first-order valence-corrected chi connectivity index (χ1v) is 4.12. The zero-order valence-electron chi connectivity index (χ0n) is 6.53. The fourth-order valence-electron chi connectivity index (χ4n) is 0.546. The Bertz CT molecular complexity index is 238. The molecule has 12 heavy (non-hydrogen) atoms. The summed E-state index contributed by atoms with van der Waals surface area (Å²) < 4.78 is -0.220. The third-order valence-corrected chi connectivity index (χ3v) is 1.42. The smallest absolute Gasteiger partial charge is 0.224 e. The van der Waals surface area contributed by atoms with Gasteiger partial charge in [0.15, 0.2) is 5.70 Å². The molecule has 1 amide bonds. The van der Waals surface area contributed by atoms with Gasteiger partial charge >= 0.3 is 0 Å². The molecule has 0 fully saturated rings. The number of amides is 1. The summed E-state index contributed by atoms with van der Waals surface area (Å²) in [5.74, 6) is -0.257. The van der Waals surface area contributed by atoms with E-state index < -0.39 is 0 Å². The van der Waals surface area contributed by atoms with Crippen molar-refractivity contribution in [2.24, 2.45) is 0 Å². The Morgan fingerprint density at radius 3 is 2.50 bits per heavy atom. The van der Waals surface area contributed by atoms with Gasteiger partial charge in [-0.3, -0.25) is 4.79 Å². The average Bonchev–Trinajstić information content (AvgIpc) is 2.00. The van der Waals surface area contributed by atoms with Crippen LogP contribution in [0.25, 0.3) is 0 Å². The SMILES string of the molecule is CCCC(=O)NC(C#N)=C(Cl)Cl. The standard InChI is InChI=1S/C7H8Cl2N2O/c1-2-3-6(12)11-5(4-10)7(8)9/h2-3H2,1H3,(H,11,12). The van der Waals surface area contributed by atoms with Crippen molar-refractivity contribution >= 4 is 29.1 Å². The summed E-state index contributed by atoms with van der Waals surface area (Å²) in [7, 11) is 0. The fraction of sp³-hybridized carbons (Fsp3) is 0.429. The van der Waals surface area contributed by atoms with E-state index in [0.717, 1.165) is 0 Å². The van der Waals surface area contributed by atoms with Crippen LogP contribution in [0.5, 0.6) is 0 Å². The quantitative estimate of drug-likeness (QED) is 0.720. The van der Waals surface area contributed by atoms with Crippen molar-refractivity contribution in [1.29, 1.82) is 5.26 Å². The van der Waals surface area contributed by atoms with E-state index in [0.29, 0.717) is 12.8 Å². The highest BCUT2D eigenvalue weighted by Crippen LogP contribution is 2.10. The minimum Gasteiger partial charge on any atom is -0.315 e. The Balaban J connectivity index is 4.17. The third-order valence-electron chi connectivity index (χ3n) is 1.04. The molecule has 0 bridgehead atoms. The molecule has 0 atom stereocenters. The molecule has 0 saturated carbocycles. The first kappa shape index (κ1) is 11.3. The molecule has 0 heterocycles. The number of nitriles is 1. The first-order valence-electron chi connectivity index (χ1n) is 3.37. The molecule has 0 aliphatic heterocycles. The molecule has 0 aromatic rings. The molecule has 0 aromatic carbocycles. The number of allylic oxidation sites excluding steroid dienone is 1. The van der Waals surface area contributed by atoms with Crippen LogP contribution in [-0.2, 0) is 4.79 Å². The first-order chi connectivity index (χ1) is 5.61. The van der Waals surface area contributed by atoms with Crippen molar-refractivity contribution in [3.8, 4) is 6.07 Å². The lowest BCUT2D eigenvalue weighted by Crippen LogP contribution is -2.21. The van der Waals surface area contributed by atoms with E-state index in [-0.39, 0.29) is 16.1 Å². The number of carbonyl (C=O) groups is 1. The van der Waals surface area contributed by atoms with Crippen LogP contribution >= 0.6 is 23.2 Å². The van der Waals surface area contributed by atoms with Crippen LogP contribution in [0.3, 0.4) is 0 Å². The summed E-state index contributed by atoms with van der Waals surface area (Å²) in [6.45, 7) is 1.86. The lowest BCUT2D eigenvalue weighted by atomic mass is 10.3. The third kappa shape index (κ3) is 4.22. The number of halogens is 2. The van der Waals surface area contributed by atoms with Gasteiger partial charge in [0.1, 0.15) is 10.6 Å². The lowest BCUT2D eigenvalue weighted by Gasteiger charge is -2.00. The molecule has 0 spiro atoms. The monoisotopic (exact) mass is 206 g/mol. The molecule has 66 valence electrons. The molecular formula is C7H8Cl2N2O. The average molecular weight is 207 g/mol. The Morgan fingerprint density at radius 1 is 1.58 bits per heavy atom. The van der Waals surface area contributed by atoms with Gasteiger partial charge < -0.3 is 5.32 Å². The Labute approximate surface area is 80.9 Å². The van der Waals surface area contributed by atoms with E-state index in [4.69, 9.17) is 28.5 Å². The lowest BCUT2D eigenvalue weighted by molar-refractivity contribution is -0.120. The molecule has 0 aliphatic carbocycles. The second-order valence-electron chi connectivity index (χ2n) is 2.05. The van der Waals surface area contributed by atoms with Crippen molar-refractivity contribution in [2.75, 3.05) is 0 Å². The molecule has 5 heteroatoms. The minimum atomic E-state index is -0.257. The number of rotatable bonds is 3. The zero-order chi connectivity index (χ0) is 9.56. The van der Waals surface area contributed by atoms with E-state index >= 15 is 0 Å². The summed E-state index contributed by atoms with van der Waals surface area (Å²) >= 11 is 10.6. The molecule has 0 radical (unpaired) electrons.